The summed E-state index contributed by atoms with van der Waals surface area (Å²) in [6, 6.07) is -0.271. The fourth-order valence-electron chi connectivity index (χ4n) is 2.01. The highest BCUT2D eigenvalue weighted by Crippen LogP contribution is 2.17. The summed E-state index contributed by atoms with van der Waals surface area (Å²) in [7, 11) is 0. The standard InChI is InChI=1S/C11H22N4O2/c1-3-13-11(17)14-10(16)7-15-5-4-9(6-15)8(2)12/h8-9H,3-7,12H2,1-2H3,(H2,13,14,16,17). The molecule has 2 unspecified atom stereocenters. The van der Waals surface area contributed by atoms with E-state index in [2.05, 4.69) is 10.6 Å². The van der Waals surface area contributed by atoms with Crippen molar-refractivity contribution in [1.82, 2.24) is 15.5 Å². The van der Waals surface area contributed by atoms with Gasteiger partial charge >= 0.3 is 6.03 Å². The highest BCUT2D eigenvalue weighted by molar-refractivity contribution is 5.95. The molecule has 1 rings (SSSR count). The lowest BCUT2D eigenvalue weighted by molar-refractivity contribution is -0.120. The molecule has 3 amide bonds. The molecule has 1 heterocycles. The van der Waals surface area contributed by atoms with Crippen LogP contribution in [-0.2, 0) is 4.79 Å². The van der Waals surface area contributed by atoms with Gasteiger partial charge in [-0.1, -0.05) is 0 Å². The van der Waals surface area contributed by atoms with Gasteiger partial charge in [0.1, 0.15) is 0 Å². The van der Waals surface area contributed by atoms with Crippen LogP contribution in [0.2, 0.25) is 0 Å². The van der Waals surface area contributed by atoms with Crippen molar-refractivity contribution < 1.29 is 9.59 Å². The predicted octanol–water partition coefficient (Wildman–Crippen LogP) is -0.499. The molecular weight excluding hydrogens is 220 g/mol. The zero-order valence-corrected chi connectivity index (χ0v) is 10.5. The lowest BCUT2D eigenvalue weighted by atomic mass is 10.0. The first-order chi connectivity index (χ1) is 8.02. The maximum absolute atomic E-state index is 11.5. The Morgan fingerprint density at radius 2 is 2.24 bits per heavy atom. The SMILES string of the molecule is CCNC(=O)NC(=O)CN1CCC(C(C)N)C1. The molecular formula is C11H22N4O2. The lowest BCUT2D eigenvalue weighted by Crippen LogP contribution is -2.44. The van der Waals surface area contributed by atoms with E-state index in [1.807, 2.05) is 11.8 Å². The number of amides is 3. The largest absolute Gasteiger partial charge is 0.338 e. The predicted molar refractivity (Wildman–Crippen MR) is 65.4 cm³/mol. The number of hydrogen-bond acceptors (Lipinski definition) is 4. The van der Waals surface area contributed by atoms with Crippen molar-refractivity contribution >= 4 is 11.9 Å². The zero-order valence-electron chi connectivity index (χ0n) is 10.5. The van der Waals surface area contributed by atoms with Gasteiger partial charge in [-0.05, 0) is 32.7 Å². The molecule has 4 N–H and O–H groups in total. The number of carbonyl (C=O) groups is 2. The van der Waals surface area contributed by atoms with Crippen LogP contribution in [0.5, 0.6) is 0 Å². The fraction of sp³-hybridized carbons (Fsp3) is 0.818. The van der Waals surface area contributed by atoms with Crippen LogP contribution >= 0.6 is 0 Å². The number of rotatable bonds is 4. The number of likely N-dealkylation sites (tertiary alicyclic amines) is 1. The Labute approximate surface area is 102 Å². The molecule has 0 aromatic rings. The van der Waals surface area contributed by atoms with Crippen LogP contribution in [0.25, 0.3) is 0 Å². The second-order valence-corrected chi connectivity index (χ2v) is 4.55. The summed E-state index contributed by atoms with van der Waals surface area (Å²) in [5, 5.41) is 4.81. The number of carbonyl (C=O) groups excluding carboxylic acids is 2. The number of imide groups is 1. The Morgan fingerprint density at radius 1 is 1.53 bits per heavy atom. The maximum atomic E-state index is 11.5. The maximum Gasteiger partial charge on any atom is 0.321 e. The summed E-state index contributed by atoms with van der Waals surface area (Å²) in [4.78, 5) is 24.7. The normalized spacial score (nSPS) is 22.2. The third kappa shape index (κ3) is 4.70. The van der Waals surface area contributed by atoms with Crippen molar-refractivity contribution in [2.75, 3.05) is 26.2 Å². The van der Waals surface area contributed by atoms with Crippen LogP contribution in [-0.4, -0.2) is 49.1 Å². The van der Waals surface area contributed by atoms with Gasteiger partial charge in [-0.25, -0.2) is 4.79 Å². The van der Waals surface area contributed by atoms with E-state index in [4.69, 9.17) is 5.73 Å². The van der Waals surface area contributed by atoms with Crippen LogP contribution in [0.15, 0.2) is 0 Å². The summed E-state index contributed by atoms with van der Waals surface area (Å²) < 4.78 is 0. The molecule has 0 radical (unpaired) electrons. The van der Waals surface area contributed by atoms with E-state index in [0.717, 1.165) is 19.5 Å². The molecule has 1 aliphatic heterocycles. The molecule has 0 spiro atoms. The van der Waals surface area contributed by atoms with E-state index < -0.39 is 6.03 Å². The molecule has 0 aromatic carbocycles. The zero-order chi connectivity index (χ0) is 12.8. The van der Waals surface area contributed by atoms with Gasteiger partial charge in [0.25, 0.3) is 0 Å². The van der Waals surface area contributed by atoms with Crippen LogP contribution in [0.3, 0.4) is 0 Å². The van der Waals surface area contributed by atoms with Crippen LogP contribution < -0.4 is 16.4 Å². The molecule has 1 saturated heterocycles. The fourth-order valence-corrected chi connectivity index (χ4v) is 2.01. The Kier molecular flexibility index (Phi) is 5.37. The molecule has 0 aromatic heterocycles. The van der Waals surface area contributed by atoms with E-state index in [-0.39, 0.29) is 18.5 Å². The van der Waals surface area contributed by atoms with E-state index in [1.165, 1.54) is 0 Å². The second kappa shape index (κ2) is 6.56. The van der Waals surface area contributed by atoms with Gasteiger partial charge in [0.2, 0.25) is 5.91 Å². The van der Waals surface area contributed by atoms with Crippen LogP contribution in [0, 0.1) is 5.92 Å². The molecule has 0 bridgehead atoms. The average molecular weight is 242 g/mol. The first-order valence-corrected chi connectivity index (χ1v) is 6.08. The van der Waals surface area contributed by atoms with E-state index in [9.17, 15) is 9.59 Å². The Hall–Kier alpha value is -1.14. The third-order valence-electron chi connectivity index (χ3n) is 3.01. The van der Waals surface area contributed by atoms with Gasteiger partial charge in [-0.3, -0.25) is 15.0 Å². The molecule has 6 nitrogen and oxygen atoms in total. The number of nitrogens with two attached hydrogens (primary N) is 1. The molecule has 17 heavy (non-hydrogen) atoms. The Bertz CT molecular complexity index is 281. The third-order valence-corrected chi connectivity index (χ3v) is 3.01. The minimum atomic E-state index is -0.430. The quantitative estimate of drug-likeness (QED) is 0.620. The average Bonchev–Trinajstić information content (AvgIpc) is 2.66. The van der Waals surface area contributed by atoms with E-state index in [0.29, 0.717) is 12.5 Å². The first kappa shape index (κ1) is 13.9. The topological polar surface area (TPSA) is 87.5 Å². The van der Waals surface area contributed by atoms with E-state index in [1.54, 1.807) is 6.92 Å². The van der Waals surface area contributed by atoms with Gasteiger partial charge in [-0.15, -0.1) is 0 Å². The minimum absolute atomic E-state index is 0.159. The highest BCUT2D eigenvalue weighted by atomic mass is 16.2. The number of nitrogens with one attached hydrogen (secondary N) is 2. The van der Waals surface area contributed by atoms with Crippen LogP contribution in [0.1, 0.15) is 20.3 Å². The lowest BCUT2D eigenvalue weighted by Gasteiger charge is -2.17. The molecule has 0 aliphatic carbocycles. The van der Waals surface area contributed by atoms with Gasteiger partial charge < -0.3 is 11.1 Å². The smallest absolute Gasteiger partial charge is 0.321 e. The first-order valence-electron chi connectivity index (χ1n) is 6.08. The number of nitrogens with zero attached hydrogens (tertiary/aromatic N) is 1. The second-order valence-electron chi connectivity index (χ2n) is 4.55. The highest BCUT2D eigenvalue weighted by Gasteiger charge is 2.26. The van der Waals surface area contributed by atoms with Crippen molar-refractivity contribution in [2.24, 2.45) is 11.7 Å². The van der Waals surface area contributed by atoms with Crippen LogP contribution in [0.4, 0.5) is 4.79 Å². The summed E-state index contributed by atoms with van der Waals surface area (Å²) in [6.07, 6.45) is 1.02. The molecule has 6 heteroatoms. The summed E-state index contributed by atoms with van der Waals surface area (Å²) in [6.45, 7) is 6.27. The van der Waals surface area contributed by atoms with Gasteiger partial charge in [0.05, 0.1) is 6.54 Å². The van der Waals surface area contributed by atoms with Gasteiger partial charge in [0, 0.05) is 19.1 Å². The molecule has 98 valence electrons. The van der Waals surface area contributed by atoms with Gasteiger partial charge in [0.15, 0.2) is 0 Å². The molecule has 1 aliphatic rings. The minimum Gasteiger partial charge on any atom is -0.338 e. The van der Waals surface area contributed by atoms with Crippen molar-refractivity contribution in [3.05, 3.63) is 0 Å². The van der Waals surface area contributed by atoms with Gasteiger partial charge in [-0.2, -0.15) is 0 Å². The molecule has 1 fully saturated rings. The Morgan fingerprint density at radius 3 is 2.76 bits per heavy atom. The Balaban J connectivity index is 2.26. The van der Waals surface area contributed by atoms with Crippen molar-refractivity contribution in [3.8, 4) is 0 Å². The number of urea groups is 1. The summed E-state index contributed by atoms with van der Waals surface area (Å²) in [5.41, 5.74) is 5.82. The summed E-state index contributed by atoms with van der Waals surface area (Å²) in [5.74, 6) is 0.188. The monoisotopic (exact) mass is 242 g/mol. The van der Waals surface area contributed by atoms with Crippen molar-refractivity contribution in [3.63, 3.8) is 0 Å². The summed E-state index contributed by atoms with van der Waals surface area (Å²) >= 11 is 0. The molecule has 0 saturated carbocycles. The molecule has 2 atom stereocenters. The van der Waals surface area contributed by atoms with Crippen molar-refractivity contribution in [2.45, 2.75) is 26.3 Å². The van der Waals surface area contributed by atoms with Crippen molar-refractivity contribution in [1.29, 1.82) is 0 Å². The van der Waals surface area contributed by atoms with E-state index >= 15 is 0 Å². The number of hydrogen-bond donors (Lipinski definition) is 3.